The average molecular weight is 457 g/mol. The van der Waals surface area contributed by atoms with Gasteiger partial charge in [0.1, 0.15) is 17.2 Å². The Labute approximate surface area is 203 Å². The first-order valence-corrected chi connectivity index (χ1v) is 13.1. The van der Waals surface area contributed by atoms with Crippen LogP contribution in [0.5, 0.6) is 17.2 Å². The zero-order valence-electron chi connectivity index (χ0n) is 19.9. The molecule has 3 heteroatoms. The van der Waals surface area contributed by atoms with Crippen LogP contribution in [0.3, 0.4) is 0 Å². The second kappa shape index (κ2) is 10.1. The summed E-state index contributed by atoms with van der Waals surface area (Å²) in [5.74, 6) is 1.25. The van der Waals surface area contributed by atoms with Crippen LogP contribution in [0.15, 0.2) is 60.7 Å². The fourth-order valence-electron chi connectivity index (χ4n) is 6.34. The summed E-state index contributed by atoms with van der Waals surface area (Å²) in [4.78, 5) is 0. The first kappa shape index (κ1) is 22.8. The molecule has 3 N–H and O–H groups in total. The number of hydrogen-bond acceptors (Lipinski definition) is 3. The van der Waals surface area contributed by atoms with Crippen molar-refractivity contribution >= 4 is 0 Å². The fourth-order valence-corrected chi connectivity index (χ4v) is 6.34. The number of aromatic hydroxyl groups is 3. The predicted octanol–water partition coefficient (Wildman–Crippen LogP) is 8.08. The van der Waals surface area contributed by atoms with E-state index in [0.717, 1.165) is 53.5 Å². The lowest BCUT2D eigenvalue weighted by molar-refractivity contribution is 0.406. The van der Waals surface area contributed by atoms with Gasteiger partial charge in [-0.2, -0.15) is 0 Å². The van der Waals surface area contributed by atoms with Gasteiger partial charge in [-0.05, 0) is 66.3 Å². The van der Waals surface area contributed by atoms with Gasteiger partial charge in [-0.3, -0.25) is 0 Å². The van der Waals surface area contributed by atoms with E-state index in [1.54, 1.807) is 12.1 Å². The predicted molar refractivity (Wildman–Crippen MR) is 137 cm³/mol. The summed E-state index contributed by atoms with van der Waals surface area (Å²) in [5.41, 5.74) is 4.50. The minimum atomic E-state index is -0.362. The van der Waals surface area contributed by atoms with Crippen molar-refractivity contribution in [2.24, 2.45) is 0 Å². The van der Waals surface area contributed by atoms with E-state index < -0.39 is 0 Å². The third kappa shape index (κ3) is 4.53. The van der Waals surface area contributed by atoms with Crippen molar-refractivity contribution in [3.8, 4) is 17.2 Å². The van der Waals surface area contributed by atoms with Crippen molar-refractivity contribution in [1.29, 1.82) is 0 Å². The van der Waals surface area contributed by atoms with E-state index in [1.165, 1.54) is 38.5 Å². The summed E-state index contributed by atoms with van der Waals surface area (Å²) in [7, 11) is 0. The summed E-state index contributed by atoms with van der Waals surface area (Å²) >= 11 is 0. The first-order chi connectivity index (χ1) is 16.6. The molecule has 0 amide bonds. The molecule has 178 valence electrons. The van der Waals surface area contributed by atoms with Crippen molar-refractivity contribution in [2.75, 3.05) is 0 Å². The second-order valence-electron chi connectivity index (χ2n) is 10.3. The standard InChI is InChI=1S/C31H36O3/c32-24-15-7-14-23(20-24)29(27-18-8-16-25(30(27)33)21-10-3-1-4-11-21)28-19-9-17-26(31(28)34)22-12-5-2-6-13-22/h7-9,14-22,29,32-34H,1-6,10-13H2. The lowest BCUT2D eigenvalue weighted by Crippen LogP contribution is -2.10. The molecule has 5 rings (SSSR count). The summed E-state index contributed by atoms with van der Waals surface area (Å²) in [6.07, 6.45) is 11.8. The number of para-hydroxylation sites is 2. The van der Waals surface area contributed by atoms with Gasteiger partial charge in [0.2, 0.25) is 0 Å². The molecule has 3 aromatic carbocycles. The van der Waals surface area contributed by atoms with Crippen LogP contribution in [-0.2, 0) is 0 Å². The van der Waals surface area contributed by atoms with Gasteiger partial charge in [0.05, 0.1) is 0 Å². The molecular weight excluding hydrogens is 420 g/mol. The van der Waals surface area contributed by atoms with E-state index in [-0.39, 0.29) is 11.7 Å². The number of phenols is 3. The van der Waals surface area contributed by atoms with E-state index in [0.29, 0.717) is 23.3 Å². The molecule has 0 bridgehead atoms. The molecule has 0 radical (unpaired) electrons. The monoisotopic (exact) mass is 456 g/mol. The molecule has 0 aliphatic heterocycles. The Kier molecular flexibility index (Phi) is 6.80. The number of rotatable bonds is 5. The van der Waals surface area contributed by atoms with Crippen LogP contribution in [0.4, 0.5) is 0 Å². The van der Waals surface area contributed by atoms with E-state index in [2.05, 4.69) is 12.1 Å². The Morgan fingerprint density at radius 2 is 1.03 bits per heavy atom. The Hall–Kier alpha value is -2.94. The first-order valence-electron chi connectivity index (χ1n) is 13.1. The number of hydrogen-bond donors (Lipinski definition) is 3. The maximum Gasteiger partial charge on any atom is 0.123 e. The molecule has 0 saturated heterocycles. The van der Waals surface area contributed by atoms with Gasteiger partial charge in [-0.25, -0.2) is 0 Å². The maximum absolute atomic E-state index is 11.6. The van der Waals surface area contributed by atoms with Crippen LogP contribution in [0.2, 0.25) is 0 Å². The van der Waals surface area contributed by atoms with Crippen LogP contribution in [0, 0.1) is 0 Å². The lowest BCUT2D eigenvalue weighted by atomic mass is 9.77. The van der Waals surface area contributed by atoms with Gasteiger partial charge >= 0.3 is 0 Å². The highest BCUT2D eigenvalue weighted by Crippen LogP contribution is 2.48. The third-order valence-corrected chi connectivity index (χ3v) is 8.11. The molecule has 0 unspecified atom stereocenters. The molecule has 0 spiro atoms. The molecule has 0 aromatic heterocycles. The van der Waals surface area contributed by atoms with Crippen LogP contribution < -0.4 is 0 Å². The molecule has 0 heterocycles. The Bertz CT molecular complexity index is 1060. The molecule has 34 heavy (non-hydrogen) atoms. The largest absolute Gasteiger partial charge is 0.508 e. The smallest absolute Gasteiger partial charge is 0.123 e. The van der Waals surface area contributed by atoms with Gasteiger partial charge in [0, 0.05) is 17.0 Å². The summed E-state index contributed by atoms with van der Waals surface area (Å²) in [5, 5.41) is 33.4. The average Bonchev–Trinajstić information content (AvgIpc) is 2.87. The molecule has 3 nitrogen and oxygen atoms in total. The zero-order chi connectivity index (χ0) is 23.5. The minimum absolute atomic E-state index is 0.188. The second-order valence-corrected chi connectivity index (χ2v) is 10.3. The van der Waals surface area contributed by atoms with Crippen LogP contribution in [-0.4, -0.2) is 15.3 Å². The summed E-state index contributed by atoms with van der Waals surface area (Å²) in [6.45, 7) is 0. The van der Waals surface area contributed by atoms with Gasteiger partial charge in [0.15, 0.2) is 0 Å². The van der Waals surface area contributed by atoms with E-state index in [4.69, 9.17) is 0 Å². The third-order valence-electron chi connectivity index (χ3n) is 8.11. The normalized spacial score (nSPS) is 17.8. The summed E-state index contributed by atoms with van der Waals surface area (Å²) in [6, 6.07) is 19.4. The van der Waals surface area contributed by atoms with E-state index in [9.17, 15) is 15.3 Å². The molecule has 2 saturated carbocycles. The summed E-state index contributed by atoms with van der Waals surface area (Å²) < 4.78 is 0. The van der Waals surface area contributed by atoms with Crippen molar-refractivity contribution < 1.29 is 15.3 Å². The minimum Gasteiger partial charge on any atom is -0.508 e. The topological polar surface area (TPSA) is 60.7 Å². The highest BCUT2D eigenvalue weighted by Gasteiger charge is 2.29. The highest BCUT2D eigenvalue weighted by atomic mass is 16.3. The van der Waals surface area contributed by atoms with Crippen molar-refractivity contribution in [2.45, 2.75) is 82.0 Å². The van der Waals surface area contributed by atoms with Crippen molar-refractivity contribution in [3.05, 3.63) is 88.5 Å². The Morgan fingerprint density at radius 3 is 1.50 bits per heavy atom. The van der Waals surface area contributed by atoms with E-state index >= 15 is 0 Å². The van der Waals surface area contributed by atoms with Gasteiger partial charge < -0.3 is 15.3 Å². The molecule has 2 fully saturated rings. The van der Waals surface area contributed by atoms with Gasteiger partial charge in [0.25, 0.3) is 0 Å². The van der Waals surface area contributed by atoms with Crippen LogP contribution >= 0.6 is 0 Å². The Morgan fingerprint density at radius 1 is 0.559 bits per heavy atom. The lowest BCUT2D eigenvalue weighted by Gasteiger charge is -2.28. The number of phenolic OH excluding ortho intramolecular Hbond substituents is 3. The van der Waals surface area contributed by atoms with Crippen molar-refractivity contribution in [1.82, 2.24) is 0 Å². The SMILES string of the molecule is Oc1cccc(C(c2cccc(C3CCCCC3)c2O)c2cccc(C3CCCCC3)c2O)c1. The zero-order valence-corrected chi connectivity index (χ0v) is 19.9. The Balaban J connectivity index is 1.64. The molecule has 3 aromatic rings. The fraction of sp³-hybridized carbons (Fsp3) is 0.419. The number of benzene rings is 3. The highest BCUT2D eigenvalue weighted by molar-refractivity contribution is 5.57. The van der Waals surface area contributed by atoms with Gasteiger partial charge in [-0.1, -0.05) is 87.1 Å². The molecule has 2 aliphatic carbocycles. The van der Waals surface area contributed by atoms with Gasteiger partial charge in [-0.15, -0.1) is 0 Å². The molecule has 2 aliphatic rings. The quantitative estimate of drug-likeness (QED) is 0.340. The molecular formula is C31H36O3. The van der Waals surface area contributed by atoms with Crippen LogP contribution in [0.1, 0.15) is 110 Å². The van der Waals surface area contributed by atoms with Crippen molar-refractivity contribution in [3.63, 3.8) is 0 Å². The molecule has 0 atom stereocenters. The van der Waals surface area contributed by atoms with Crippen LogP contribution in [0.25, 0.3) is 0 Å². The van der Waals surface area contributed by atoms with E-state index in [1.807, 2.05) is 36.4 Å². The maximum atomic E-state index is 11.6.